The third-order valence-corrected chi connectivity index (χ3v) is 4.50. The summed E-state index contributed by atoms with van der Waals surface area (Å²) in [6.45, 7) is 2.28. The molecule has 2 amide bonds. The summed E-state index contributed by atoms with van der Waals surface area (Å²) in [5, 5.41) is 0. The van der Waals surface area contributed by atoms with Crippen molar-refractivity contribution in [3.63, 3.8) is 0 Å². The molecule has 7 nitrogen and oxygen atoms in total. The van der Waals surface area contributed by atoms with Crippen molar-refractivity contribution in [3.05, 3.63) is 65.2 Å². The van der Waals surface area contributed by atoms with Crippen molar-refractivity contribution in [2.24, 2.45) is 0 Å². The van der Waals surface area contributed by atoms with Gasteiger partial charge in [0.25, 0.3) is 11.8 Å². The summed E-state index contributed by atoms with van der Waals surface area (Å²) in [5.74, 6) is -0.845. The van der Waals surface area contributed by atoms with E-state index in [1.54, 1.807) is 48.5 Å². The van der Waals surface area contributed by atoms with Crippen LogP contribution >= 0.6 is 0 Å². The zero-order valence-electron chi connectivity index (χ0n) is 16.1. The Kier molecular flexibility index (Phi) is 6.39. The van der Waals surface area contributed by atoms with E-state index in [1.165, 1.54) is 0 Å². The molecule has 0 N–H and O–H groups in total. The molecule has 0 spiro atoms. The average molecular weight is 395 g/mol. The van der Waals surface area contributed by atoms with Crippen LogP contribution in [0, 0.1) is 0 Å². The summed E-state index contributed by atoms with van der Waals surface area (Å²) in [5.41, 5.74) is 1.20. The predicted octanol–water partition coefficient (Wildman–Crippen LogP) is 2.89. The molecule has 0 fully saturated rings. The quantitative estimate of drug-likeness (QED) is 0.368. The van der Waals surface area contributed by atoms with E-state index in [9.17, 15) is 19.2 Å². The number of nitrogens with zero attached hydrogens (tertiary/aromatic N) is 1. The minimum absolute atomic E-state index is 0.0137. The Bertz CT molecular complexity index is 900. The molecule has 1 aliphatic heterocycles. The Morgan fingerprint density at radius 3 is 2.10 bits per heavy atom. The Hall–Kier alpha value is -3.48. The van der Waals surface area contributed by atoms with Gasteiger partial charge < -0.3 is 9.47 Å². The van der Waals surface area contributed by atoms with Gasteiger partial charge in [0, 0.05) is 12.0 Å². The van der Waals surface area contributed by atoms with Crippen LogP contribution in [0.3, 0.4) is 0 Å². The summed E-state index contributed by atoms with van der Waals surface area (Å²) in [4.78, 5) is 49.6. The molecule has 0 aromatic heterocycles. The average Bonchev–Trinajstić information content (AvgIpc) is 2.98. The minimum Gasteiger partial charge on any atom is -0.494 e. The molecule has 150 valence electrons. The smallest absolute Gasteiger partial charge is 0.306 e. The van der Waals surface area contributed by atoms with E-state index in [-0.39, 0.29) is 31.8 Å². The number of amides is 2. The molecule has 0 aliphatic carbocycles. The van der Waals surface area contributed by atoms with Crippen molar-refractivity contribution >= 4 is 23.6 Å². The first-order valence-corrected chi connectivity index (χ1v) is 9.38. The summed E-state index contributed by atoms with van der Waals surface area (Å²) in [6, 6.07) is 13.3. The maximum atomic E-state index is 12.2. The molecule has 0 saturated carbocycles. The number of esters is 1. The Labute approximate surface area is 168 Å². The second-order valence-electron chi connectivity index (χ2n) is 6.41. The van der Waals surface area contributed by atoms with Gasteiger partial charge in [-0.1, -0.05) is 12.1 Å². The summed E-state index contributed by atoms with van der Waals surface area (Å²) < 4.78 is 10.4. The fourth-order valence-electron chi connectivity index (χ4n) is 3.03. The molecule has 29 heavy (non-hydrogen) atoms. The van der Waals surface area contributed by atoms with Crippen LogP contribution in [-0.2, 0) is 9.53 Å². The maximum absolute atomic E-state index is 12.2. The SMILES string of the molecule is CCOc1ccc(C(=O)CCC(=O)OCCN2C(=O)c3ccccc3C2=O)cc1. The number of imide groups is 1. The van der Waals surface area contributed by atoms with Gasteiger partial charge in [0.1, 0.15) is 12.4 Å². The van der Waals surface area contributed by atoms with Crippen LogP contribution in [0.1, 0.15) is 50.8 Å². The number of hydrogen-bond donors (Lipinski definition) is 0. The molecule has 2 aromatic carbocycles. The molecule has 2 aromatic rings. The second-order valence-corrected chi connectivity index (χ2v) is 6.41. The number of benzene rings is 2. The lowest BCUT2D eigenvalue weighted by Gasteiger charge is -2.13. The van der Waals surface area contributed by atoms with Gasteiger partial charge in [-0.15, -0.1) is 0 Å². The van der Waals surface area contributed by atoms with E-state index in [4.69, 9.17) is 9.47 Å². The van der Waals surface area contributed by atoms with Crippen molar-refractivity contribution in [3.8, 4) is 5.75 Å². The number of Topliss-reactive ketones (excluding diaryl/α,β-unsaturated/α-hetero) is 1. The zero-order valence-corrected chi connectivity index (χ0v) is 16.1. The van der Waals surface area contributed by atoms with Crippen molar-refractivity contribution in [1.29, 1.82) is 0 Å². The van der Waals surface area contributed by atoms with Gasteiger partial charge in [0.15, 0.2) is 5.78 Å². The highest BCUT2D eigenvalue weighted by Gasteiger charge is 2.34. The lowest BCUT2D eigenvalue weighted by molar-refractivity contribution is -0.143. The predicted molar refractivity (Wildman–Crippen MR) is 104 cm³/mol. The van der Waals surface area contributed by atoms with Crippen molar-refractivity contribution in [2.45, 2.75) is 19.8 Å². The third-order valence-electron chi connectivity index (χ3n) is 4.50. The van der Waals surface area contributed by atoms with E-state index in [0.29, 0.717) is 29.0 Å². The van der Waals surface area contributed by atoms with Crippen molar-refractivity contribution in [1.82, 2.24) is 4.90 Å². The van der Waals surface area contributed by atoms with Gasteiger partial charge in [-0.05, 0) is 43.3 Å². The number of rotatable bonds is 9. The largest absolute Gasteiger partial charge is 0.494 e. The molecule has 0 unspecified atom stereocenters. The molecule has 3 rings (SSSR count). The van der Waals surface area contributed by atoms with Gasteiger partial charge in [-0.25, -0.2) is 0 Å². The van der Waals surface area contributed by atoms with Crippen LogP contribution in [0.2, 0.25) is 0 Å². The molecular formula is C22H21NO6. The molecule has 1 aliphatic rings. The van der Waals surface area contributed by atoms with E-state index in [0.717, 1.165) is 4.90 Å². The van der Waals surface area contributed by atoms with Crippen LogP contribution in [0.4, 0.5) is 0 Å². The number of carbonyl (C=O) groups is 4. The third kappa shape index (κ3) is 4.68. The van der Waals surface area contributed by atoms with Crippen LogP contribution in [0.25, 0.3) is 0 Å². The lowest BCUT2D eigenvalue weighted by atomic mass is 10.1. The number of hydrogen-bond acceptors (Lipinski definition) is 6. The van der Waals surface area contributed by atoms with Gasteiger partial charge in [0.05, 0.1) is 30.7 Å². The molecule has 7 heteroatoms. The number of ketones is 1. The molecular weight excluding hydrogens is 374 g/mol. The van der Waals surface area contributed by atoms with E-state index >= 15 is 0 Å². The maximum Gasteiger partial charge on any atom is 0.306 e. The lowest BCUT2D eigenvalue weighted by Crippen LogP contribution is -2.33. The second kappa shape index (κ2) is 9.14. The summed E-state index contributed by atoms with van der Waals surface area (Å²) >= 11 is 0. The zero-order chi connectivity index (χ0) is 20.8. The highest BCUT2D eigenvalue weighted by Crippen LogP contribution is 2.22. The molecule has 0 bridgehead atoms. The topological polar surface area (TPSA) is 90.0 Å². The van der Waals surface area contributed by atoms with Gasteiger partial charge >= 0.3 is 5.97 Å². The first kappa shape index (κ1) is 20.3. The standard InChI is InChI=1S/C22H21NO6/c1-2-28-16-9-7-15(8-10-16)19(24)11-12-20(25)29-14-13-23-21(26)17-5-3-4-6-18(17)22(23)27/h3-10H,2,11-14H2,1H3. The van der Waals surface area contributed by atoms with Crippen molar-refractivity contribution in [2.75, 3.05) is 19.8 Å². The molecule has 0 atom stereocenters. The molecule has 1 heterocycles. The molecule has 0 radical (unpaired) electrons. The number of ether oxygens (including phenoxy) is 2. The monoisotopic (exact) mass is 395 g/mol. The highest BCUT2D eigenvalue weighted by molar-refractivity contribution is 6.21. The normalized spacial score (nSPS) is 12.7. The first-order chi connectivity index (χ1) is 14.0. The van der Waals surface area contributed by atoms with E-state index in [1.807, 2.05) is 6.92 Å². The fourth-order valence-corrected chi connectivity index (χ4v) is 3.03. The van der Waals surface area contributed by atoms with E-state index in [2.05, 4.69) is 0 Å². The van der Waals surface area contributed by atoms with Gasteiger partial charge in [0.2, 0.25) is 0 Å². The van der Waals surface area contributed by atoms with Crippen LogP contribution in [-0.4, -0.2) is 48.2 Å². The van der Waals surface area contributed by atoms with Gasteiger partial charge in [-0.3, -0.25) is 24.1 Å². The number of fused-ring (bicyclic) bond motifs is 1. The Morgan fingerprint density at radius 2 is 1.52 bits per heavy atom. The Morgan fingerprint density at radius 1 is 0.897 bits per heavy atom. The van der Waals surface area contributed by atoms with Crippen LogP contribution in [0.5, 0.6) is 5.75 Å². The van der Waals surface area contributed by atoms with E-state index < -0.39 is 17.8 Å². The highest BCUT2D eigenvalue weighted by atomic mass is 16.5. The Balaban J connectivity index is 1.42. The fraction of sp³-hybridized carbons (Fsp3) is 0.273. The van der Waals surface area contributed by atoms with Crippen LogP contribution in [0.15, 0.2) is 48.5 Å². The first-order valence-electron chi connectivity index (χ1n) is 9.38. The number of carbonyl (C=O) groups excluding carboxylic acids is 4. The molecule has 0 saturated heterocycles. The minimum atomic E-state index is -0.555. The summed E-state index contributed by atoms with van der Waals surface area (Å²) in [6.07, 6.45) is -0.0615. The van der Waals surface area contributed by atoms with Crippen LogP contribution < -0.4 is 4.74 Å². The van der Waals surface area contributed by atoms with Gasteiger partial charge in [-0.2, -0.15) is 0 Å². The van der Waals surface area contributed by atoms with Crippen molar-refractivity contribution < 1.29 is 28.7 Å². The summed E-state index contributed by atoms with van der Waals surface area (Å²) in [7, 11) is 0.